The number of fused-ring (bicyclic) bond motifs is 1. The molecule has 160 valence electrons. The lowest BCUT2D eigenvalue weighted by Crippen LogP contribution is -2.52. The molecule has 0 spiro atoms. The minimum Gasteiger partial charge on any atom is -0.370 e. The second-order valence-electron chi connectivity index (χ2n) is 9.58. The maximum absolute atomic E-state index is 12.8. The third kappa shape index (κ3) is 5.32. The molecule has 29 heavy (non-hydrogen) atoms. The Balaban J connectivity index is 1.20. The Morgan fingerprint density at radius 3 is 2.38 bits per heavy atom. The van der Waals surface area contributed by atoms with Gasteiger partial charge in [-0.3, -0.25) is 14.6 Å². The molecule has 0 aromatic heterocycles. The number of aryl methyl sites for hydroxylation is 1. The quantitative estimate of drug-likeness (QED) is 0.763. The molecule has 2 atom stereocenters. The number of nitrogens with zero attached hydrogens (tertiary/aromatic N) is 4. The van der Waals surface area contributed by atoms with Crippen LogP contribution >= 0.6 is 0 Å². The standard InChI is InChI=1S/C24H38N4O/c1-20-16-21(2)18-28(17-20)24(29)19-26-12-10-25(11-13-26)14-15-27-9-5-7-22-6-3-4-8-23(22)27/h3-4,6,8,20-21H,5,7,9-19H2,1-2H3/t20-,21+. The number of hydrogen-bond donors (Lipinski definition) is 0. The summed E-state index contributed by atoms with van der Waals surface area (Å²) in [6.45, 7) is 14.6. The normalized spacial score (nSPS) is 26.4. The first kappa shape index (κ1) is 20.7. The summed E-state index contributed by atoms with van der Waals surface area (Å²) in [5, 5.41) is 0. The van der Waals surface area contributed by atoms with E-state index in [1.165, 1.54) is 37.1 Å². The smallest absolute Gasteiger partial charge is 0.236 e. The van der Waals surface area contributed by atoms with Gasteiger partial charge in [0, 0.05) is 64.6 Å². The fraction of sp³-hybridized carbons (Fsp3) is 0.708. The minimum atomic E-state index is 0.335. The van der Waals surface area contributed by atoms with E-state index in [1.807, 2.05) is 0 Å². The molecule has 3 aliphatic heterocycles. The maximum atomic E-state index is 12.8. The van der Waals surface area contributed by atoms with Crippen molar-refractivity contribution in [2.24, 2.45) is 11.8 Å². The summed E-state index contributed by atoms with van der Waals surface area (Å²) in [6, 6.07) is 8.88. The van der Waals surface area contributed by atoms with E-state index in [0.29, 0.717) is 24.3 Å². The first-order chi connectivity index (χ1) is 14.1. The Bertz CT molecular complexity index is 675. The number of piperidine rings is 1. The van der Waals surface area contributed by atoms with Crippen molar-refractivity contribution in [3.8, 4) is 0 Å². The Labute approximate surface area is 176 Å². The van der Waals surface area contributed by atoms with Crippen molar-refractivity contribution >= 4 is 11.6 Å². The number of likely N-dealkylation sites (tertiary alicyclic amines) is 1. The summed E-state index contributed by atoms with van der Waals surface area (Å²) in [6.07, 6.45) is 3.73. The van der Waals surface area contributed by atoms with Crippen LogP contribution in [0.25, 0.3) is 0 Å². The van der Waals surface area contributed by atoms with Gasteiger partial charge in [-0.05, 0) is 42.7 Å². The van der Waals surface area contributed by atoms with Crippen molar-refractivity contribution in [3.05, 3.63) is 29.8 Å². The van der Waals surface area contributed by atoms with Gasteiger partial charge in [0.05, 0.1) is 6.54 Å². The van der Waals surface area contributed by atoms with Crippen LogP contribution in [0, 0.1) is 11.8 Å². The zero-order valence-corrected chi connectivity index (χ0v) is 18.4. The monoisotopic (exact) mass is 398 g/mol. The SMILES string of the molecule is C[C@@H]1C[C@H](C)CN(C(=O)CN2CCN(CCN3CCCc4ccccc43)CC2)C1. The molecule has 0 radical (unpaired) electrons. The molecule has 5 heteroatoms. The molecule has 0 N–H and O–H groups in total. The molecule has 1 aromatic rings. The fourth-order valence-corrected chi connectivity index (χ4v) is 5.43. The number of amides is 1. The zero-order chi connectivity index (χ0) is 20.2. The number of anilines is 1. The van der Waals surface area contributed by atoms with E-state index < -0.39 is 0 Å². The second-order valence-corrected chi connectivity index (χ2v) is 9.58. The van der Waals surface area contributed by atoms with Gasteiger partial charge in [0.15, 0.2) is 0 Å². The molecule has 2 saturated heterocycles. The Morgan fingerprint density at radius 2 is 1.62 bits per heavy atom. The Morgan fingerprint density at radius 1 is 0.931 bits per heavy atom. The number of hydrogen-bond acceptors (Lipinski definition) is 4. The molecule has 0 unspecified atom stereocenters. The maximum Gasteiger partial charge on any atom is 0.236 e. The average molecular weight is 399 g/mol. The zero-order valence-electron chi connectivity index (χ0n) is 18.4. The van der Waals surface area contributed by atoms with E-state index >= 15 is 0 Å². The Hall–Kier alpha value is -1.59. The molecule has 2 fully saturated rings. The predicted octanol–water partition coefficient (Wildman–Crippen LogP) is 2.56. The van der Waals surface area contributed by atoms with E-state index in [9.17, 15) is 4.79 Å². The molecular weight excluding hydrogens is 360 g/mol. The number of carbonyl (C=O) groups excluding carboxylic acids is 1. The van der Waals surface area contributed by atoms with Crippen LogP contribution in [-0.4, -0.2) is 86.1 Å². The van der Waals surface area contributed by atoms with Crippen molar-refractivity contribution in [1.29, 1.82) is 0 Å². The molecule has 0 aliphatic carbocycles. The van der Waals surface area contributed by atoms with E-state index in [4.69, 9.17) is 0 Å². The van der Waals surface area contributed by atoms with Gasteiger partial charge in [0.2, 0.25) is 5.91 Å². The van der Waals surface area contributed by atoms with Crippen LogP contribution in [0.3, 0.4) is 0 Å². The van der Waals surface area contributed by atoms with E-state index in [-0.39, 0.29) is 0 Å². The molecule has 1 amide bonds. The van der Waals surface area contributed by atoms with Crippen LogP contribution in [0.1, 0.15) is 32.3 Å². The largest absolute Gasteiger partial charge is 0.370 e. The third-order valence-electron chi connectivity index (χ3n) is 6.94. The number of para-hydroxylation sites is 1. The van der Waals surface area contributed by atoms with Gasteiger partial charge >= 0.3 is 0 Å². The van der Waals surface area contributed by atoms with Crippen molar-refractivity contribution < 1.29 is 4.79 Å². The topological polar surface area (TPSA) is 30.0 Å². The van der Waals surface area contributed by atoms with Crippen LogP contribution in [-0.2, 0) is 11.2 Å². The van der Waals surface area contributed by atoms with Crippen LogP contribution < -0.4 is 4.90 Å². The lowest BCUT2D eigenvalue weighted by Gasteiger charge is -2.39. The molecule has 0 saturated carbocycles. The van der Waals surface area contributed by atoms with Crippen molar-refractivity contribution in [2.75, 3.05) is 70.3 Å². The first-order valence-corrected chi connectivity index (χ1v) is 11.6. The van der Waals surface area contributed by atoms with Crippen molar-refractivity contribution in [1.82, 2.24) is 14.7 Å². The van der Waals surface area contributed by atoms with Gasteiger partial charge in [-0.25, -0.2) is 0 Å². The van der Waals surface area contributed by atoms with Gasteiger partial charge < -0.3 is 9.80 Å². The predicted molar refractivity (Wildman–Crippen MR) is 119 cm³/mol. The molecule has 3 heterocycles. The van der Waals surface area contributed by atoms with Gasteiger partial charge in [0.1, 0.15) is 0 Å². The number of piperazine rings is 1. The van der Waals surface area contributed by atoms with Crippen molar-refractivity contribution in [3.63, 3.8) is 0 Å². The van der Waals surface area contributed by atoms with Crippen LogP contribution in [0.2, 0.25) is 0 Å². The van der Waals surface area contributed by atoms with Gasteiger partial charge in [-0.1, -0.05) is 32.0 Å². The van der Waals surface area contributed by atoms with Gasteiger partial charge in [-0.2, -0.15) is 0 Å². The summed E-state index contributed by atoms with van der Waals surface area (Å²) >= 11 is 0. The third-order valence-corrected chi connectivity index (χ3v) is 6.94. The Kier molecular flexibility index (Phi) is 6.76. The van der Waals surface area contributed by atoms with E-state index in [0.717, 1.165) is 52.4 Å². The van der Waals surface area contributed by atoms with Crippen LogP contribution in [0.15, 0.2) is 24.3 Å². The lowest BCUT2D eigenvalue weighted by atomic mass is 9.92. The molecule has 3 aliphatic rings. The second kappa shape index (κ2) is 9.48. The van der Waals surface area contributed by atoms with Crippen LogP contribution in [0.5, 0.6) is 0 Å². The fourth-order valence-electron chi connectivity index (χ4n) is 5.43. The highest BCUT2D eigenvalue weighted by molar-refractivity contribution is 5.78. The summed E-state index contributed by atoms with van der Waals surface area (Å²) in [5.41, 5.74) is 2.94. The molecule has 1 aromatic carbocycles. The van der Waals surface area contributed by atoms with Crippen molar-refractivity contribution in [2.45, 2.75) is 33.1 Å². The average Bonchev–Trinajstić information content (AvgIpc) is 2.72. The summed E-state index contributed by atoms with van der Waals surface area (Å²) in [7, 11) is 0. The number of rotatable bonds is 5. The lowest BCUT2D eigenvalue weighted by molar-refractivity contribution is -0.135. The number of benzene rings is 1. The van der Waals surface area contributed by atoms with Gasteiger partial charge in [-0.15, -0.1) is 0 Å². The highest BCUT2D eigenvalue weighted by Crippen LogP contribution is 2.26. The number of carbonyl (C=O) groups is 1. The van der Waals surface area contributed by atoms with Crippen LogP contribution in [0.4, 0.5) is 5.69 Å². The van der Waals surface area contributed by atoms with Gasteiger partial charge in [0.25, 0.3) is 0 Å². The van der Waals surface area contributed by atoms with E-state index in [2.05, 4.69) is 57.7 Å². The summed E-state index contributed by atoms with van der Waals surface area (Å²) < 4.78 is 0. The minimum absolute atomic E-state index is 0.335. The summed E-state index contributed by atoms with van der Waals surface area (Å²) in [4.78, 5) is 22.4. The summed E-state index contributed by atoms with van der Waals surface area (Å²) in [5.74, 6) is 1.61. The highest BCUT2D eigenvalue weighted by atomic mass is 16.2. The molecule has 4 rings (SSSR count). The molecule has 5 nitrogen and oxygen atoms in total. The first-order valence-electron chi connectivity index (χ1n) is 11.6. The highest BCUT2D eigenvalue weighted by Gasteiger charge is 2.27. The van der Waals surface area contributed by atoms with E-state index in [1.54, 1.807) is 0 Å². The molecule has 0 bridgehead atoms. The molecular formula is C24H38N4O.